The molecule has 0 aromatic heterocycles. The van der Waals surface area contributed by atoms with Crippen LogP contribution < -0.4 is 22.9 Å². The van der Waals surface area contributed by atoms with E-state index in [9.17, 15) is 19.2 Å². The molecule has 0 fully saturated rings. The Balaban J connectivity index is -0.0000000878. The number of urea groups is 1. The van der Waals surface area contributed by atoms with E-state index in [1.807, 2.05) is 0 Å². The fourth-order valence-electron chi connectivity index (χ4n) is 0.248. The summed E-state index contributed by atoms with van der Waals surface area (Å²) in [4.78, 5) is 37.8. The third-order valence-corrected chi connectivity index (χ3v) is 0.691. The van der Waals surface area contributed by atoms with Crippen LogP contribution in [0.1, 0.15) is 6.92 Å². The first kappa shape index (κ1) is 25.1. The minimum Gasteiger partial charge on any atom is -0.478 e. The van der Waals surface area contributed by atoms with Gasteiger partial charge in [0.1, 0.15) is 0 Å². The van der Waals surface area contributed by atoms with Crippen molar-refractivity contribution < 1.29 is 34.1 Å². The fraction of sp³-hybridized carbons (Fsp3) is 0.250. The van der Waals surface area contributed by atoms with Crippen LogP contribution in [0.3, 0.4) is 0 Å². The van der Waals surface area contributed by atoms with Gasteiger partial charge in [0.15, 0.2) is 0 Å². The van der Waals surface area contributed by atoms with Crippen molar-refractivity contribution in [2.75, 3.05) is 6.61 Å². The van der Waals surface area contributed by atoms with Crippen molar-refractivity contribution in [3.05, 3.63) is 12.7 Å². The van der Waals surface area contributed by atoms with Gasteiger partial charge in [-0.05, 0) is 6.92 Å². The largest absolute Gasteiger partial charge is 0.478 e. The summed E-state index contributed by atoms with van der Waals surface area (Å²) in [5.41, 5.74) is 8.90. The number of carboxylic acid groups (broad SMARTS) is 2. The van der Waals surface area contributed by atoms with Crippen molar-refractivity contribution in [1.82, 2.24) is 11.5 Å². The van der Waals surface area contributed by atoms with E-state index in [2.05, 4.69) is 22.8 Å². The summed E-state index contributed by atoms with van der Waals surface area (Å²) < 4.78 is 4.18. The highest BCUT2D eigenvalue weighted by Crippen LogP contribution is 1.66. The number of imide groups is 1. The summed E-state index contributed by atoms with van der Waals surface area (Å²) in [6.07, 6.45) is -1.31. The molecule has 0 aliphatic heterocycles. The molecule has 19 heavy (non-hydrogen) atoms. The number of rotatable bonds is 2. The van der Waals surface area contributed by atoms with Crippen molar-refractivity contribution in [2.45, 2.75) is 6.92 Å². The predicted molar refractivity (Wildman–Crippen MR) is 64.8 cm³/mol. The Labute approximate surface area is 108 Å². The number of hydrogen-bond donors (Lipinski definition) is 6. The van der Waals surface area contributed by atoms with Crippen molar-refractivity contribution >= 4 is 24.2 Å². The first-order valence-electron chi connectivity index (χ1n) is 4.24. The lowest BCUT2D eigenvalue weighted by Gasteiger charge is -1.89. The maximum atomic E-state index is 9.60. The Kier molecular flexibility index (Phi) is 23.2. The van der Waals surface area contributed by atoms with E-state index in [0.29, 0.717) is 6.61 Å². The quantitative estimate of drug-likeness (QED) is 0.373. The summed E-state index contributed by atoms with van der Waals surface area (Å²) in [7, 11) is 0. The van der Waals surface area contributed by atoms with Crippen molar-refractivity contribution in [2.24, 2.45) is 11.5 Å². The highest BCUT2D eigenvalue weighted by atomic mass is 16.5. The third-order valence-electron chi connectivity index (χ3n) is 0.691. The Morgan fingerprint density at radius 3 is 1.63 bits per heavy atom. The summed E-state index contributed by atoms with van der Waals surface area (Å²) in [6, 6.07) is -1.06. The average molecular weight is 282 g/mol. The van der Waals surface area contributed by atoms with Crippen LogP contribution in [0.25, 0.3) is 0 Å². The molecule has 0 rings (SSSR count). The van der Waals surface area contributed by atoms with E-state index in [1.165, 1.54) is 5.32 Å². The molecule has 0 aromatic rings. The molecule has 0 radical (unpaired) electrons. The molecule has 0 saturated heterocycles. The Morgan fingerprint density at radius 2 is 1.63 bits per heavy atom. The average Bonchev–Trinajstić information content (AvgIpc) is 2.16. The van der Waals surface area contributed by atoms with Gasteiger partial charge in [-0.3, -0.25) is 0 Å². The van der Waals surface area contributed by atoms with Gasteiger partial charge in [-0.15, -0.1) is 0 Å². The van der Waals surface area contributed by atoms with Gasteiger partial charge in [-0.1, -0.05) is 6.58 Å². The van der Waals surface area contributed by atoms with Crippen LogP contribution in [0.4, 0.5) is 14.4 Å². The summed E-state index contributed by atoms with van der Waals surface area (Å²) in [5.74, 6) is -0.981. The number of primary amides is 2. The highest BCUT2D eigenvalue weighted by Gasteiger charge is 1.94. The van der Waals surface area contributed by atoms with Gasteiger partial charge in [0, 0.05) is 6.08 Å². The Morgan fingerprint density at radius 1 is 1.26 bits per heavy atom. The van der Waals surface area contributed by atoms with E-state index in [1.54, 1.807) is 6.92 Å². The van der Waals surface area contributed by atoms with Crippen LogP contribution in [0.15, 0.2) is 12.7 Å². The van der Waals surface area contributed by atoms with Gasteiger partial charge in [0.05, 0.1) is 6.61 Å². The molecule has 0 aliphatic carbocycles. The topological polar surface area (TPSA) is 217 Å². The van der Waals surface area contributed by atoms with Gasteiger partial charge >= 0.3 is 24.2 Å². The Hall–Kier alpha value is -2.82. The van der Waals surface area contributed by atoms with Crippen LogP contribution in [-0.4, -0.2) is 41.0 Å². The zero-order chi connectivity index (χ0) is 15.1. The molecule has 0 bridgehead atoms. The lowest BCUT2D eigenvalue weighted by Crippen LogP contribution is -2.33. The molecular formula is C8H18N4O7. The third kappa shape index (κ3) is 69.0. The molecule has 4 amide bonds. The zero-order valence-corrected chi connectivity index (χ0v) is 10.3. The predicted octanol–water partition coefficient (Wildman–Crippen LogP) is -0.147. The fourth-order valence-corrected chi connectivity index (χ4v) is 0.248. The summed E-state index contributed by atoms with van der Waals surface area (Å²) >= 11 is 0. The number of carbonyl (C=O) groups excluding carboxylic acids is 2. The molecule has 112 valence electrons. The first-order chi connectivity index (χ1) is 8.17. The summed E-state index contributed by atoms with van der Waals surface area (Å²) in [5, 5.41) is 16.6. The molecule has 0 saturated carbocycles. The smallest absolute Gasteiger partial charge is 0.412 e. The van der Waals surface area contributed by atoms with Gasteiger partial charge in [-0.25, -0.2) is 24.5 Å². The number of ether oxygens (including phenoxy) is 1. The second-order valence-electron chi connectivity index (χ2n) is 2.09. The van der Waals surface area contributed by atoms with E-state index >= 15 is 0 Å². The monoisotopic (exact) mass is 282 g/mol. The minimum absolute atomic E-state index is 0. The second-order valence-corrected chi connectivity index (χ2v) is 2.09. The van der Waals surface area contributed by atoms with Crippen molar-refractivity contribution in [1.29, 1.82) is 0 Å². The zero-order valence-electron chi connectivity index (χ0n) is 10.3. The van der Waals surface area contributed by atoms with Gasteiger partial charge in [-0.2, -0.15) is 0 Å². The molecule has 0 atom stereocenters. The SMILES string of the molecule is C=CC(=O)O.CCOC(N)=O.N.NC(=O)NC(=O)O. The lowest BCUT2D eigenvalue weighted by atomic mass is 10.7. The normalized spacial score (nSPS) is 6.79. The van der Waals surface area contributed by atoms with E-state index in [4.69, 9.17) is 10.2 Å². The van der Waals surface area contributed by atoms with E-state index < -0.39 is 24.2 Å². The molecule has 0 aromatic carbocycles. The molecule has 11 heteroatoms. The van der Waals surface area contributed by atoms with Gasteiger partial charge < -0.3 is 32.6 Å². The minimum atomic E-state index is -1.44. The van der Waals surface area contributed by atoms with Crippen molar-refractivity contribution in [3.8, 4) is 0 Å². The van der Waals surface area contributed by atoms with E-state index in [0.717, 1.165) is 6.08 Å². The highest BCUT2D eigenvalue weighted by molar-refractivity contribution is 5.88. The molecule has 10 N–H and O–H groups in total. The Bertz CT molecular complexity index is 293. The van der Waals surface area contributed by atoms with Crippen LogP contribution in [0, 0.1) is 0 Å². The molecular weight excluding hydrogens is 264 g/mol. The van der Waals surface area contributed by atoms with Crippen LogP contribution in [0.5, 0.6) is 0 Å². The number of nitrogens with one attached hydrogen (secondary N) is 1. The number of amides is 4. The standard InChI is InChI=1S/C3H7NO2.C3H4O2.C2H4N2O3.H3N/c1-2-6-3(4)5;1-2-3(4)5;3-1(5)4-2(6)7;/h2H2,1H3,(H2,4,5);2H,1H2,(H,4,5);(H,6,7)(H3,3,4,5);1H3. The van der Waals surface area contributed by atoms with E-state index in [-0.39, 0.29) is 6.15 Å². The lowest BCUT2D eigenvalue weighted by molar-refractivity contribution is -0.131. The van der Waals surface area contributed by atoms with Gasteiger partial charge in [0.25, 0.3) is 0 Å². The number of aliphatic carboxylic acids is 1. The maximum Gasteiger partial charge on any atom is 0.412 e. The van der Waals surface area contributed by atoms with Crippen LogP contribution in [0.2, 0.25) is 0 Å². The number of hydrogen-bond acceptors (Lipinski definition) is 6. The van der Waals surface area contributed by atoms with Gasteiger partial charge in [0.2, 0.25) is 0 Å². The van der Waals surface area contributed by atoms with Crippen molar-refractivity contribution in [3.63, 3.8) is 0 Å². The molecule has 0 unspecified atom stereocenters. The second kappa shape index (κ2) is 17.6. The molecule has 11 nitrogen and oxygen atoms in total. The summed E-state index contributed by atoms with van der Waals surface area (Å²) in [6.45, 7) is 5.02. The number of nitrogens with two attached hydrogens (primary N) is 2. The maximum absolute atomic E-state index is 9.60. The molecule has 0 aliphatic rings. The molecule has 0 spiro atoms. The molecule has 0 heterocycles. The number of carboxylic acids is 1. The van der Waals surface area contributed by atoms with Crippen LogP contribution >= 0.6 is 0 Å². The first-order valence-corrected chi connectivity index (χ1v) is 4.24. The number of carbonyl (C=O) groups is 4. The van der Waals surface area contributed by atoms with Crippen LogP contribution in [-0.2, 0) is 9.53 Å².